The molecule has 0 saturated carbocycles. The smallest absolute Gasteiger partial charge is 0.0184 e. The Bertz CT molecular complexity index is 385. The minimum absolute atomic E-state index is 0.753. The van der Waals surface area contributed by atoms with E-state index in [1.54, 1.807) is 11.1 Å². The van der Waals surface area contributed by atoms with Gasteiger partial charge in [-0.25, -0.2) is 0 Å². The van der Waals surface area contributed by atoms with Crippen LogP contribution in [0.25, 0.3) is 5.57 Å². The van der Waals surface area contributed by atoms with Crippen LogP contribution in [0.2, 0.25) is 0 Å². The Kier molecular flexibility index (Phi) is 4.35. The summed E-state index contributed by atoms with van der Waals surface area (Å²) in [5.41, 5.74) is 7.13. The molecule has 0 heterocycles. The van der Waals surface area contributed by atoms with Gasteiger partial charge in [-0.15, -0.1) is 0 Å². The molecule has 1 aromatic rings. The van der Waals surface area contributed by atoms with Crippen LogP contribution in [-0.4, -0.2) is 0 Å². The number of benzene rings is 1. The van der Waals surface area contributed by atoms with Crippen LogP contribution in [0, 0.1) is 6.92 Å². The van der Waals surface area contributed by atoms with Crippen molar-refractivity contribution in [1.82, 2.24) is 0 Å². The van der Waals surface area contributed by atoms with Crippen LogP contribution in [0.1, 0.15) is 62.3 Å². The van der Waals surface area contributed by atoms with Gasteiger partial charge in [-0.05, 0) is 54.9 Å². The van der Waals surface area contributed by atoms with Crippen molar-refractivity contribution in [3.63, 3.8) is 0 Å². The second kappa shape index (κ2) is 5.34. The molecule has 0 amide bonds. The van der Waals surface area contributed by atoms with E-state index >= 15 is 0 Å². The lowest BCUT2D eigenvalue weighted by Gasteiger charge is -2.11. The van der Waals surface area contributed by atoms with Crippen LogP contribution in [-0.2, 0) is 6.42 Å². The van der Waals surface area contributed by atoms with Crippen molar-refractivity contribution in [2.75, 3.05) is 0 Å². The predicted octanol–water partition coefficient (Wildman–Crippen LogP) is 5.10. The Morgan fingerprint density at radius 1 is 1.31 bits per heavy atom. The first-order valence-electron chi connectivity index (χ1n) is 6.39. The predicted molar refractivity (Wildman–Crippen MR) is 74.0 cm³/mol. The normalized spacial score (nSPS) is 17.4. The van der Waals surface area contributed by atoms with E-state index in [4.69, 9.17) is 0 Å². The van der Waals surface area contributed by atoms with Crippen molar-refractivity contribution >= 4 is 5.57 Å². The van der Waals surface area contributed by atoms with Crippen LogP contribution in [0.4, 0.5) is 0 Å². The van der Waals surface area contributed by atoms with Crippen molar-refractivity contribution in [2.45, 2.75) is 53.4 Å². The molecule has 0 fully saturated rings. The Labute approximate surface area is 100 Å². The molecule has 0 radical (unpaired) electrons. The molecule has 1 aliphatic rings. The summed E-state index contributed by atoms with van der Waals surface area (Å²) in [7, 11) is 0. The van der Waals surface area contributed by atoms with Gasteiger partial charge >= 0.3 is 0 Å². The highest BCUT2D eigenvalue weighted by molar-refractivity contribution is 5.67. The fraction of sp³-hybridized carbons (Fsp3) is 0.500. The zero-order valence-corrected chi connectivity index (χ0v) is 11.4. The van der Waals surface area contributed by atoms with Gasteiger partial charge in [-0.1, -0.05) is 45.1 Å². The van der Waals surface area contributed by atoms with E-state index in [1.807, 2.05) is 13.8 Å². The first-order valence-corrected chi connectivity index (χ1v) is 6.39. The summed E-state index contributed by atoms with van der Waals surface area (Å²) >= 11 is 0. The molecule has 0 aromatic heterocycles. The van der Waals surface area contributed by atoms with Crippen molar-refractivity contribution in [3.05, 3.63) is 41.0 Å². The topological polar surface area (TPSA) is 0 Å². The van der Waals surface area contributed by atoms with Gasteiger partial charge in [0.05, 0.1) is 0 Å². The molecular weight excluding hydrogens is 192 g/mol. The Morgan fingerprint density at radius 2 is 1.94 bits per heavy atom. The average Bonchev–Trinajstić information content (AvgIpc) is 2.64. The number of allylic oxidation sites excluding steroid dienone is 1. The maximum absolute atomic E-state index is 4.03. The van der Waals surface area contributed by atoms with Crippen molar-refractivity contribution in [2.24, 2.45) is 0 Å². The van der Waals surface area contributed by atoms with E-state index in [9.17, 15) is 0 Å². The highest BCUT2D eigenvalue weighted by atomic mass is 14.3. The third-order valence-electron chi connectivity index (χ3n) is 3.45. The standard InChI is InChI=1S/C14H18.C2H6/c1-9(2)12-7-8-13-10(3)5-6-14(13)11(12)4;1-2/h7-8,10H,1,5-6H2,2-4H3;1-2H3. The van der Waals surface area contributed by atoms with E-state index in [0.29, 0.717) is 0 Å². The monoisotopic (exact) mass is 216 g/mol. The zero-order valence-electron chi connectivity index (χ0n) is 11.4. The zero-order chi connectivity index (χ0) is 12.3. The van der Waals surface area contributed by atoms with Gasteiger partial charge in [-0.3, -0.25) is 0 Å². The molecule has 1 unspecified atom stereocenters. The van der Waals surface area contributed by atoms with Crippen molar-refractivity contribution in [3.8, 4) is 0 Å². The van der Waals surface area contributed by atoms with Crippen LogP contribution in [0.5, 0.6) is 0 Å². The fourth-order valence-electron chi connectivity index (χ4n) is 2.55. The summed E-state index contributed by atoms with van der Waals surface area (Å²) in [4.78, 5) is 0. The summed E-state index contributed by atoms with van der Waals surface area (Å²) in [6.45, 7) is 14.7. The largest absolute Gasteiger partial charge is 0.0955 e. The van der Waals surface area contributed by atoms with E-state index in [-0.39, 0.29) is 0 Å². The second-order valence-corrected chi connectivity index (χ2v) is 4.53. The molecule has 0 heteroatoms. The van der Waals surface area contributed by atoms with Crippen molar-refractivity contribution < 1.29 is 0 Å². The number of hydrogen-bond donors (Lipinski definition) is 0. The molecule has 88 valence electrons. The molecule has 1 aromatic carbocycles. The lowest BCUT2D eigenvalue weighted by Crippen LogP contribution is -1.94. The maximum atomic E-state index is 4.03. The molecule has 0 bridgehead atoms. The molecule has 0 aliphatic heterocycles. The van der Waals surface area contributed by atoms with E-state index in [0.717, 1.165) is 5.92 Å². The SMILES string of the molecule is C=C(C)c1ccc2c(c1C)CCC2C.CC. The van der Waals surface area contributed by atoms with Gasteiger partial charge in [0.25, 0.3) is 0 Å². The first kappa shape index (κ1) is 13.0. The minimum Gasteiger partial charge on any atom is -0.0955 e. The lowest BCUT2D eigenvalue weighted by atomic mass is 9.94. The summed E-state index contributed by atoms with van der Waals surface area (Å²) in [6, 6.07) is 4.53. The summed E-state index contributed by atoms with van der Waals surface area (Å²) < 4.78 is 0. The van der Waals surface area contributed by atoms with E-state index in [1.165, 1.54) is 29.5 Å². The summed E-state index contributed by atoms with van der Waals surface area (Å²) in [5.74, 6) is 0.753. The molecule has 1 aliphatic carbocycles. The molecule has 0 spiro atoms. The van der Waals surface area contributed by atoms with Crippen LogP contribution < -0.4 is 0 Å². The van der Waals surface area contributed by atoms with Gasteiger partial charge in [0.15, 0.2) is 0 Å². The molecule has 0 saturated heterocycles. The minimum atomic E-state index is 0.753. The van der Waals surface area contributed by atoms with E-state index in [2.05, 4.69) is 39.5 Å². The Balaban J connectivity index is 0.000000606. The van der Waals surface area contributed by atoms with Crippen LogP contribution in [0.3, 0.4) is 0 Å². The Hall–Kier alpha value is -1.04. The molecule has 0 nitrogen and oxygen atoms in total. The van der Waals surface area contributed by atoms with Gasteiger partial charge in [-0.2, -0.15) is 0 Å². The fourth-order valence-corrected chi connectivity index (χ4v) is 2.55. The van der Waals surface area contributed by atoms with Crippen LogP contribution in [0.15, 0.2) is 18.7 Å². The lowest BCUT2D eigenvalue weighted by molar-refractivity contribution is 0.747. The molecular formula is C16H24. The van der Waals surface area contributed by atoms with Crippen LogP contribution >= 0.6 is 0 Å². The average molecular weight is 216 g/mol. The third-order valence-corrected chi connectivity index (χ3v) is 3.45. The molecule has 16 heavy (non-hydrogen) atoms. The summed E-state index contributed by atoms with van der Waals surface area (Å²) in [6.07, 6.45) is 2.57. The maximum Gasteiger partial charge on any atom is -0.0184 e. The molecule has 2 rings (SSSR count). The van der Waals surface area contributed by atoms with Gasteiger partial charge in [0.1, 0.15) is 0 Å². The summed E-state index contributed by atoms with van der Waals surface area (Å²) in [5, 5.41) is 0. The van der Waals surface area contributed by atoms with E-state index < -0.39 is 0 Å². The first-order chi connectivity index (χ1) is 7.61. The number of rotatable bonds is 1. The number of hydrogen-bond acceptors (Lipinski definition) is 0. The highest BCUT2D eigenvalue weighted by Crippen LogP contribution is 2.36. The molecule has 0 N–H and O–H groups in total. The number of fused-ring (bicyclic) bond motifs is 1. The van der Waals surface area contributed by atoms with Gasteiger partial charge in [0.2, 0.25) is 0 Å². The van der Waals surface area contributed by atoms with Crippen molar-refractivity contribution in [1.29, 1.82) is 0 Å². The molecule has 1 atom stereocenters. The van der Waals surface area contributed by atoms with Gasteiger partial charge in [0, 0.05) is 0 Å². The van der Waals surface area contributed by atoms with Gasteiger partial charge < -0.3 is 0 Å². The third kappa shape index (κ3) is 2.21. The quantitative estimate of drug-likeness (QED) is 0.612. The highest BCUT2D eigenvalue weighted by Gasteiger charge is 2.21. The Morgan fingerprint density at radius 3 is 2.50 bits per heavy atom. The second-order valence-electron chi connectivity index (χ2n) is 4.53.